The molecule has 1 aromatic rings. The normalized spacial score (nSPS) is 12.3. The van der Waals surface area contributed by atoms with Crippen LogP contribution < -0.4 is 4.31 Å². The maximum absolute atomic E-state index is 13.4. The molecule has 15 heavy (non-hydrogen) atoms. The minimum absolute atomic E-state index is 0.319. The number of benzene rings is 1. The highest BCUT2D eigenvalue weighted by Gasteiger charge is 2.19. The van der Waals surface area contributed by atoms with Gasteiger partial charge in [0, 0.05) is 12.0 Å². The molecule has 0 bridgehead atoms. The lowest BCUT2D eigenvalue weighted by molar-refractivity contribution is 0.585. The van der Waals surface area contributed by atoms with E-state index in [1.165, 1.54) is 19.2 Å². The lowest BCUT2D eigenvalue weighted by Crippen LogP contribution is -2.24. The summed E-state index contributed by atoms with van der Waals surface area (Å²) < 4.78 is 39.1. The topological polar surface area (TPSA) is 20.3 Å². The van der Waals surface area contributed by atoms with Gasteiger partial charge in [-0.2, -0.15) is 0 Å². The highest BCUT2D eigenvalue weighted by Crippen LogP contribution is 2.26. The summed E-state index contributed by atoms with van der Waals surface area (Å²) in [6, 6.07) is 3.48. The minimum Gasteiger partial charge on any atom is -0.259 e. The molecule has 0 saturated carbocycles. The van der Waals surface area contributed by atoms with E-state index in [0.29, 0.717) is 5.70 Å². The van der Waals surface area contributed by atoms with E-state index >= 15 is 0 Å². The van der Waals surface area contributed by atoms with Gasteiger partial charge in [0.2, 0.25) is 0 Å². The molecule has 1 unspecified atom stereocenters. The Bertz CT molecular complexity index is 386. The van der Waals surface area contributed by atoms with E-state index in [0.717, 1.165) is 16.4 Å². The first-order valence-electron chi connectivity index (χ1n) is 4.18. The van der Waals surface area contributed by atoms with Crippen LogP contribution in [-0.4, -0.2) is 10.5 Å². The number of halogens is 2. The lowest BCUT2D eigenvalue weighted by atomic mass is 10.3. The van der Waals surface area contributed by atoms with Crippen LogP contribution in [-0.2, 0) is 11.0 Å². The third-order valence-electron chi connectivity index (χ3n) is 1.74. The van der Waals surface area contributed by atoms with Crippen molar-refractivity contribution in [3.63, 3.8) is 0 Å². The summed E-state index contributed by atoms with van der Waals surface area (Å²) >= 11 is 0. The fraction of sp³-hybridized carbons (Fsp3) is 0.200. The van der Waals surface area contributed by atoms with Crippen molar-refractivity contribution in [1.29, 1.82) is 0 Å². The van der Waals surface area contributed by atoms with E-state index < -0.39 is 22.6 Å². The first-order chi connectivity index (χ1) is 6.95. The third kappa shape index (κ3) is 2.41. The fourth-order valence-corrected chi connectivity index (χ4v) is 2.09. The molecule has 0 aromatic heterocycles. The number of anilines is 1. The number of rotatable bonds is 3. The molecule has 1 atom stereocenters. The molecule has 0 aliphatic rings. The molecule has 0 amide bonds. The molecule has 0 fully saturated rings. The highest BCUT2D eigenvalue weighted by molar-refractivity contribution is 7.85. The molecule has 82 valence electrons. The average molecular weight is 231 g/mol. The van der Waals surface area contributed by atoms with Gasteiger partial charge in [0.05, 0.1) is 0 Å². The Morgan fingerprint density at radius 3 is 2.20 bits per heavy atom. The minimum atomic E-state index is -1.55. The number of hydrogen-bond acceptors (Lipinski definition) is 1. The molecule has 0 aliphatic carbocycles. The number of allylic oxidation sites excluding steroid dienone is 1. The van der Waals surface area contributed by atoms with E-state index in [2.05, 4.69) is 6.58 Å². The van der Waals surface area contributed by atoms with Crippen LogP contribution in [0.4, 0.5) is 14.5 Å². The van der Waals surface area contributed by atoms with Crippen molar-refractivity contribution in [2.75, 3.05) is 10.6 Å². The predicted molar refractivity (Wildman–Crippen MR) is 57.7 cm³/mol. The van der Waals surface area contributed by atoms with Gasteiger partial charge in [-0.05, 0) is 19.1 Å². The summed E-state index contributed by atoms with van der Waals surface area (Å²) in [6.07, 6.45) is 1.33. The molecule has 2 nitrogen and oxygen atoms in total. The first-order valence-corrected chi connectivity index (χ1v) is 5.70. The third-order valence-corrected chi connectivity index (χ3v) is 2.75. The monoisotopic (exact) mass is 231 g/mol. The van der Waals surface area contributed by atoms with Crippen LogP contribution in [0.2, 0.25) is 0 Å². The Kier molecular flexibility index (Phi) is 3.57. The van der Waals surface area contributed by atoms with Crippen molar-refractivity contribution in [2.24, 2.45) is 0 Å². The number of nitrogens with zero attached hydrogens (tertiary/aromatic N) is 1. The van der Waals surface area contributed by atoms with Crippen molar-refractivity contribution >= 4 is 16.7 Å². The molecular formula is C10H11F2NOS. The zero-order valence-electron chi connectivity index (χ0n) is 8.46. The maximum atomic E-state index is 13.4. The summed E-state index contributed by atoms with van der Waals surface area (Å²) in [4.78, 5) is 0. The Morgan fingerprint density at radius 2 is 1.87 bits per heavy atom. The Morgan fingerprint density at radius 1 is 1.40 bits per heavy atom. The molecule has 0 N–H and O–H groups in total. The molecule has 1 aromatic carbocycles. The van der Waals surface area contributed by atoms with Crippen molar-refractivity contribution in [2.45, 2.75) is 6.92 Å². The van der Waals surface area contributed by atoms with E-state index in [9.17, 15) is 13.0 Å². The quantitative estimate of drug-likeness (QED) is 0.783. The average Bonchev–Trinajstić information content (AvgIpc) is 2.09. The number of hydrogen-bond donors (Lipinski definition) is 0. The van der Waals surface area contributed by atoms with Crippen molar-refractivity contribution in [1.82, 2.24) is 0 Å². The van der Waals surface area contributed by atoms with Gasteiger partial charge in [-0.1, -0.05) is 12.6 Å². The molecule has 0 spiro atoms. The van der Waals surface area contributed by atoms with Crippen LogP contribution in [0.3, 0.4) is 0 Å². The standard InChI is InChI=1S/C10H11F2NOS/c1-7(2)13(15(3)14)10-8(11)5-4-6-9(10)12/h4-6H,1H2,2-3H3. The van der Waals surface area contributed by atoms with E-state index in [-0.39, 0.29) is 5.69 Å². The molecule has 1 rings (SSSR count). The lowest BCUT2D eigenvalue weighted by Gasteiger charge is -2.22. The van der Waals surface area contributed by atoms with Crippen LogP contribution in [0, 0.1) is 11.6 Å². The molecular weight excluding hydrogens is 220 g/mol. The van der Waals surface area contributed by atoms with Gasteiger partial charge in [0.1, 0.15) is 16.7 Å². The van der Waals surface area contributed by atoms with Crippen LogP contribution in [0.25, 0.3) is 0 Å². The van der Waals surface area contributed by atoms with Crippen molar-refractivity contribution in [3.05, 3.63) is 42.1 Å². The number of para-hydroxylation sites is 1. The Balaban J connectivity index is 3.35. The van der Waals surface area contributed by atoms with Gasteiger partial charge < -0.3 is 0 Å². The van der Waals surface area contributed by atoms with E-state index in [1.54, 1.807) is 0 Å². The second-order valence-electron chi connectivity index (χ2n) is 3.02. The fourth-order valence-electron chi connectivity index (χ4n) is 1.22. The van der Waals surface area contributed by atoms with Gasteiger partial charge in [-0.15, -0.1) is 0 Å². The summed E-state index contributed by atoms with van der Waals surface area (Å²) in [5.74, 6) is -1.51. The van der Waals surface area contributed by atoms with Crippen LogP contribution in [0.5, 0.6) is 0 Å². The molecule has 5 heteroatoms. The van der Waals surface area contributed by atoms with Gasteiger partial charge >= 0.3 is 0 Å². The van der Waals surface area contributed by atoms with Crippen molar-refractivity contribution in [3.8, 4) is 0 Å². The maximum Gasteiger partial charge on any atom is 0.150 e. The predicted octanol–water partition coefficient (Wildman–Crippen LogP) is 2.60. The summed E-state index contributed by atoms with van der Waals surface area (Å²) in [7, 11) is -1.55. The SMILES string of the molecule is C=C(C)N(c1c(F)cccc1F)S(C)=O. The first kappa shape index (κ1) is 11.8. The molecule has 0 saturated heterocycles. The zero-order valence-corrected chi connectivity index (χ0v) is 9.28. The van der Waals surface area contributed by atoms with Crippen molar-refractivity contribution < 1.29 is 13.0 Å². The van der Waals surface area contributed by atoms with Crippen LogP contribution in [0.1, 0.15) is 6.92 Å². The highest BCUT2D eigenvalue weighted by atomic mass is 32.2. The Labute approximate surface area is 89.8 Å². The van der Waals surface area contributed by atoms with Gasteiger partial charge in [0.25, 0.3) is 0 Å². The second kappa shape index (κ2) is 4.53. The van der Waals surface area contributed by atoms with E-state index in [4.69, 9.17) is 0 Å². The van der Waals surface area contributed by atoms with E-state index in [1.807, 2.05) is 0 Å². The molecule has 0 heterocycles. The van der Waals surface area contributed by atoms with Gasteiger partial charge in [-0.3, -0.25) is 4.31 Å². The smallest absolute Gasteiger partial charge is 0.150 e. The van der Waals surface area contributed by atoms with Gasteiger partial charge in [0.15, 0.2) is 11.6 Å². The Hall–Kier alpha value is -1.23. The summed E-state index contributed by atoms with van der Waals surface area (Å²) in [5.41, 5.74) is -0.00864. The zero-order chi connectivity index (χ0) is 11.6. The summed E-state index contributed by atoms with van der Waals surface area (Å²) in [6.45, 7) is 5.07. The molecule has 0 radical (unpaired) electrons. The molecule has 0 aliphatic heterocycles. The largest absolute Gasteiger partial charge is 0.259 e. The van der Waals surface area contributed by atoms with Gasteiger partial charge in [-0.25, -0.2) is 13.0 Å². The van der Waals surface area contributed by atoms with Crippen LogP contribution >= 0.6 is 0 Å². The second-order valence-corrected chi connectivity index (χ2v) is 4.24. The summed E-state index contributed by atoms with van der Waals surface area (Å²) in [5, 5.41) is 0. The van der Waals surface area contributed by atoms with Crippen LogP contribution in [0.15, 0.2) is 30.5 Å².